The van der Waals surface area contributed by atoms with E-state index in [0.29, 0.717) is 25.8 Å². The standard InChI is InChI=1S/C13H21N3O5/c1-15-9-11(18)16(13(15)21)8-4-5-10(17)14-7-3-2-6-12(19)20/h2-9H2,1H3,(H,14,17)(H,19,20). The number of carboxylic acids is 1. The number of hydrogen-bond donors (Lipinski definition) is 2. The molecule has 0 aliphatic carbocycles. The second-order valence-electron chi connectivity index (χ2n) is 4.99. The third kappa shape index (κ3) is 5.80. The van der Waals surface area contributed by atoms with E-state index in [2.05, 4.69) is 5.32 Å². The maximum atomic E-state index is 11.6. The molecule has 2 N–H and O–H groups in total. The largest absolute Gasteiger partial charge is 0.481 e. The zero-order valence-corrected chi connectivity index (χ0v) is 12.1. The van der Waals surface area contributed by atoms with Gasteiger partial charge in [0.25, 0.3) is 0 Å². The van der Waals surface area contributed by atoms with Crippen molar-refractivity contribution in [1.29, 1.82) is 0 Å². The Morgan fingerprint density at radius 2 is 1.90 bits per heavy atom. The second-order valence-corrected chi connectivity index (χ2v) is 4.99. The highest BCUT2D eigenvalue weighted by Crippen LogP contribution is 2.09. The van der Waals surface area contributed by atoms with Crippen molar-refractivity contribution in [3.8, 4) is 0 Å². The molecule has 1 saturated heterocycles. The SMILES string of the molecule is CN1CC(=O)N(CCCC(=O)NCCCCC(=O)O)C1=O. The minimum Gasteiger partial charge on any atom is -0.481 e. The number of amides is 4. The van der Waals surface area contributed by atoms with Gasteiger partial charge >= 0.3 is 12.0 Å². The van der Waals surface area contributed by atoms with Crippen LogP contribution in [0.2, 0.25) is 0 Å². The van der Waals surface area contributed by atoms with Gasteiger partial charge in [0, 0.05) is 33.0 Å². The van der Waals surface area contributed by atoms with Crippen LogP contribution in [0.4, 0.5) is 4.79 Å². The van der Waals surface area contributed by atoms with E-state index in [-0.39, 0.29) is 43.8 Å². The molecule has 0 radical (unpaired) electrons. The number of likely N-dealkylation sites (N-methyl/N-ethyl adjacent to an activating group) is 1. The van der Waals surface area contributed by atoms with Gasteiger partial charge in [0.1, 0.15) is 6.54 Å². The summed E-state index contributed by atoms with van der Waals surface area (Å²) in [6.07, 6.45) is 1.90. The average Bonchev–Trinajstić information content (AvgIpc) is 2.64. The number of nitrogens with one attached hydrogen (secondary N) is 1. The summed E-state index contributed by atoms with van der Waals surface area (Å²) in [5, 5.41) is 11.1. The van der Waals surface area contributed by atoms with Crippen molar-refractivity contribution in [3.05, 3.63) is 0 Å². The molecule has 8 heteroatoms. The Hall–Kier alpha value is -2.12. The van der Waals surface area contributed by atoms with Crippen LogP contribution in [-0.4, -0.2) is 65.4 Å². The van der Waals surface area contributed by atoms with Crippen LogP contribution in [0.3, 0.4) is 0 Å². The number of carbonyl (C=O) groups is 4. The quantitative estimate of drug-likeness (QED) is 0.461. The fourth-order valence-electron chi connectivity index (χ4n) is 2.00. The van der Waals surface area contributed by atoms with Crippen LogP contribution in [0, 0.1) is 0 Å². The molecular formula is C13H21N3O5. The van der Waals surface area contributed by atoms with Gasteiger partial charge < -0.3 is 15.3 Å². The van der Waals surface area contributed by atoms with Gasteiger partial charge in [-0.3, -0.25) is 19.3 Å². The summed E-state index contributed by atoms with van der Waals surface area (Å²) in [6.45, 7) is 0.777. The maximum Gasteiger partial charge on any atom is 0.326 e. The van der Waals surface area contributed by atoms with Crippen molar-refractivity contribution in [1.82, 2.24) is 15.1 Å². The summed E-state index contributed by atoms with van der Waals surface area (Å²) in [5.41, 5.74) is 0. The zero-order valence-electron chi connectivity index (χ0n) is 12.1. The fraction of sp³-hybridized carbons (Fsp3) is 0.692. The summed E-state index contributed by atoms with van der Waals surface area (Å²) in [5.74, 6) is -1.24. The van der Waals surface area contributed by atoms with Gasteiger partial charge in [-0.25, -0.2) is 4.79 Å². The van der Waals surface area contributed by atoms with Crippen molar-refractivity contribution >= 4 is 23.8 Å². The van der Waals surface area contributed by atoms with Gasteiger partial charge in [-0.1, -0.05) is 0 Å². The van der Waals surface area contributed by atoms with Gasteiger partial charge in [0.2, 0.25) is 11.8 Å². The Labute approximate surface area is 123 Å². The predicted octanol–water partition coefficient (Wildman–Crippen LogP) is 0.0317. The van der Waals surface area contributed by atoms with E-state index in [1.165, 1.54) is 4.90 Å². The molecule has 1 aliphatic rings. The molecule has 0 aromatic carbocycles. The van der Waals surface area contributed by atoms with E-state index < -0.39 is 5.97 Å². The van der Waals surface area contributed by atoms with Gasteiger partial charge in [-0.05, 0) is 19.3 Å². The lowest BCUT2D eigenvalue weighted by molar-refractivity contribution is -0.137. The highest BCUT2D eigenvalue weighted by Gasteiger charge is 2.32. The summed E-state index contributed by atoms with van der Waals surface area (Å²) >= 11 is 0. The molecule has 0 saturated carbocycles. The van der Waals surface area contributed by atoms with Crippen molar-refractivity contribution < 1.29 is 24.3 Å². The Morgan fingerprint density at radius 3 is 2.48 bits per heavy atom. The highest BCUT2D eigenvalue weighted by atomic mass is 16.4. The molecule has 1 fully saturated rings. The first-order valence-corrected chi connectivity index (χ1v) is 6.95. The maximum absolute atomic E-state index is 11.6. The number of rotatable bonds is 9. The lowest BCUT2D eigenvalue weighted by Crippen LogP contribution is -2.33. The second kappa shape index (κ2) is 8.23. The van der Waals surface area contributed by atoms with E-state index in [0.717, 1.165) is 4.90 Å². The Morgan fingerprint density at radius 1 is 1.19 bits per heavy atom. The van der Waals surface area contributed by atoms with E-state index in [4.69, 9.17) is 5.11 Å². The Bertz CT molecular complexity index is 424. The van der Waals surface area contributed by atoms with Crippen LogP contribution >= 0.6 is 0 Å². The molecule has 118 valence electrons. The first-order chi connectivity index (χ1) is 9.91. The number of carboxylic acid groups (broad SMARTS) is 1. The highest BCUT2D eigenvalue weighted by molar-refractivity contribution is 6.01. The van der Waals surface area contributed by atoms with Crippen LogP contribution in [0.1, 0.15) is 32.1 Å². The third-order valence-electron chi connectivity index (χ3n) is 3.16. The average molecular weight is 299 g/mol. The summed E-state index contributed by atoms with van der Waals surface area (Å²) < 4.78 is 0. The number of carbonyl (C=O) groups excluding carboxylic acids is 3. The molecule has 0 bridgehead atoms. The van der Waals surface area contributed by atoms with Crippen LogP contribution in [0.15, 0.2) is 0 Å². The van der Waals surface area contributed by atoms with Gasteiger partial charge in [0.15, 0.2) is 0 Å². The topological polar surface area (TPSA) is 107 Å². The smallest absolute Gasteiger partial charge is 0.326 e. The number of urea groups is 1. The minimum absolute atomic E-state index is 0.0919. The van der Waals surface area contributed by atoms with Crippen LogP contribution in [0.25, 0.3) is 0 Å². The molecule has 21 heavy (non-hydrogen) atoms. The molecule has 0 atom stereocenters. The first-order valence-electron chi connectivity index (χ1n) is 6.95. The van der Waals surface area contributed by atoms with Crippen molar-refractivity contribution in [2.75, 3.05) is 26.7 Å². The lowest BCUT2D eigenvalue weighted by Gasteiger charge is -2.13. The molecule has 0 unspecified atom stereocenters. The van der Waals surface area contributed by atoms with E-state index in [1.807, 2.05) is 0 Å². The van der Waals surface area contributed by atoms with Crippen LogP contribution in [-0.2, 0) is 14.4 Å². The first kappa shape index (κ1) is 16.9. The fourth-order valence-corrected chi connectivity index (χ4v) is 2.00. The van der Waals surface area contributed by atoms with Gasteiger partial charge in [-0.15, -0.1) is 0 Å². The molecule has 1 heterocycles. The number of nitrogens with zero attached hydrogens (tertiary/aromatic N) is 2. The van der Waals surface area contributed by atoms with Crippen molar-refractivity contribution in [2.24, 2.45) is 0 Å². The minimum atomic E-state index is -0.841. The molecule has 8 nitrogen and oxygen atoms in total. The normalized spacial score (nSPS) is 14.7. The van der Waals surface area contributed by atoms with Crippen LogP contribution in [0.5, 0.6) is 0 Å². The molecule has 4 amide bonds. The van der Waals surface area contributed by atoms with Gasteiger partial charge in [0.05, 0.1) is 0 Å². The van der Waals surface area contributed by atoms with E-state index in [1.54, 1.807) is 7.05 Å². The van der Waals surface area contributed by atoms with E-state index >= 15 is 0 Å². The lowest BCUT2D eigenvalue weighted by atomic mass is 10.2. The summed E-state index contributed by atoms with van der Waals surface area (Å²) in [6, 6.07) is -0.325. The third-order valence-corrected chi connectivity index (χ3v) is 3.16. The Balaban J connectivity index is 2.09. The molecular weight excluding hydrogens is 278 g/mol. The van der Waals surface area contributed by atoms with Crippen molar-refractivity contribution in [3.63, 3.8) is 0 Å². The van der Waals surface area contributed by atoms with Crippen LogP contribution < -0.4 is 5.32 Å². The summed E-state index contributed by atoms with van der Waals surface area (Å²) in [4.78, 5) is 47.4. The van der Waals surface area contributed by atoms with Crippen molar-refractivity contribution in [2.45, 2.75) is 32.1 Å². The molecule has 0 aromatic rings. The summed E-state index contributed by atoms with van der Waals surface area (Å²) in [7, 11) is 1.56. The van der Waals surface area contributed by atoms with E-state index in [9.17, 15) is 19.2 Å². The molecule has 1 rings (SSSR count). The Kier molecular flexibility index (Phi) is 6.64. The molecule has 0 spiro atoms. The molecule has 0 aromatic heterocycles. The predicted molar refractivity (Wildman–Crippen MR) is 73.5 cm³/mol. The molecule has 1 aliphatic heterocycles. The number of aliphatic carboxylic acids is 1. The van der Waals surface area contributed by atoms with Gasteiger partial charge in [-0.2, -0.15) is 0 Å². The number of unbranched alkanes of at least 4 members (excludes halogenated alkanes) is 1. The number of hydrogen-bond acceptors (Lipinski definition) is 4. The monoisotopic (exact) mass is 299 g/mol. The zero-order chi connectivity index (χ0) is 15.8. The number of imide groups is 1.